The van der Waals surface area contributed by atoms with Gasteiger partial charge in [0.05, 0.1) is 5.56 Å². The van der Waals surface area contributed by atoms with E-state index in [1.807, 2.05) is 0 Å². The second-order valence-corrected chi connectivity index (χ2v) is 4.59. The molecule has 1 nitrogen and oxygen atoms in total. The minimum absolute atomic E-state index is 0.0450. The Hall–Kier alpha value is -1.88. The molecule has 0 saturated carbocycles. The molecule has 1 atom stereocenters. The number of halogens is 4. The molecule has 106 valence electrons. The molecule has 1 N–H and O–H groups in total. The fourth-order valence-electron chi connectivity index (χ4n) is 1.96. The summed E-state index contributed by atoms with van der Waals surface area (Å²) in [5, 5.41) is 9.99. The number of benzene rings is 2. The van der Waals surface area contributed by atoms with Crippen LogP contribution in [-0.2, 0) is 0 Å². The molecule has 2 aromatic carbocycles. The summed E-state index contributed by atoms with van der Waals surface area (Å²) in [6.45, 7) is 2.74. The minimum Gasteiger partial charge on any atom is -0.383 e. The van der Waals surface area contributed by atoms with Gasteiger partial charge in [0.1, 0.15) is 17.7 Å². The van der Waals surface area contributed by atoms with Crippen molar-refractivity contribution in [3.63, 3.8) is 0 Å². The highest BCUT2D eigenvalue weighted by Gasteiger charge is 2.25. The van der Waals surface area contributed by atoms with E-state index in [1.54, 1.807) is 0 Å². The maximum absolute atomic E-state index is 13.9. The summed E-state index contributed by atoms with van der Waals surface area (Å²) in [6, 6.07) is 4.52. The van der Waals surface area contributed by atoms with E-state index in [9.17, 15) is 22.7 Å². The SMILES string of the molecule is Cc1ccc(C(O)c2c(F)ccc(C)c2F)c(F)c1F. The number of hydrogen-bond acceptors (Lipinski definition) is 1. The maximum atomic E-state index is 13.9. The molecule has 0 aliphatic heterocycles. The fourth-order valence-corrected chi connectivity index (χ4v) is 1.96. The van der Waals surface area contributed by atoms with E-state index in [0.717, 1.165) is 12.1 Å². The highest BCUT2D eigenvalue weighted by atomic mass is 19.2. The van der Waals surface area contributed by atoms with Gasteiger partial charge in [-0.1, -0.05) is 18.2 Å². The molecule has 0 amide bonds. The standard InChI is InChI=1S/C15H12F4O/c1-7-4-6-10(16)11(12(7)17)15(20)9-5-3-8(2)13(18)14(9)19/h3-6,15,20H,1-2H3. The van der Waals surface area contributed by atoms with Gasteiger partial charge in [0.2, 0.25) is 0 Å². The lowest BCUT2D eigenvalue weighted by Crippen LogP contribution is -2.10. The van der Waals surface area contributed by atoms with Crippen molar-refractivity contribution in [3.8, 4) is 0 Å². The number of aryl methyl sites for hydroxylation is 2. The predicted octanol–water partition coefficient (Wildman–Crippen LogP) is 3.94. The third-order valence-electron chi connectivity index (χ3n) is 3.19. The number of aliphatic hydroxyl groups is 1. The van der Waals surface area contributed by atoms with E-state index in [2.05, 4.69) is 0 Å². The van der Waals surface area contributed by atoms with E-state index in [-0.39, 0.29) is 11.1 Å². The topological polar surface area (TPSA) is 20.2 Å². The van der Waals surface area contributed by atoms with Crippen LogP contribution in [0.3, 0.4) is 0 Å². The summed E-state index contributed by atoms with van der Waals surface area (Å²) in [6.07, 6.45) is -1.91. The van der Waals surface area contributed by atoms with Gasteiger partial charge in [-0.05, 0) is 31.0 Å². The first-order valence-electron chi connectivity index (χ1n) is 5.91. The monoisotopic (exact) mass is 284 g/mol. The van der Waals surface area contributed by atoms with Crippen molar-refractivity contribution in [1.29, 1.82) is 0 Å². The van der Waals surface area contributed by atoms with Crippen LogP contribution in [0.2, 0.25) is 0 Å². The Morgan fingerprint density at radius 1 is 0.800 bits per heavy atom. The van der Waals surface area contributed by atoms with E-state index < -0.39 is 40.5 Å². The van der Waals surface area contributed by atoms with Crippen LogP contribution >= 0.6 is 0 Å². The van der Waals surface area contributed by atoms with Crippen molar-refractivity contribution in [1.82, 2.24) is 0 Å². The molecular formula is C15H12F4O. The Morgan fingerprint density at radius 3 is 2.00 bits per heavy atom. The molecule has 1 unspecified atom stereocenters. The smallest absolute Gasteiger partial charge is 0.165 e. The maximum Gasteiger partial charge on any atom is 0.165 e. The average Bonchev–Trinajstić information content (AvgIpc) is 2.41. The number of hydrogen-bond donors (Lipinski definition) is 1. The van der Waals surface area contributed by atoms with Crippen molar-refractivity contribution < 1.29 is 22.7 Å². The van der Waals surface area contributed by atoms with Gasteiger partial charge in [-0.3, -0.25) is 0 Å². The van der Waals surface area contributed by atoms with Gasteiger partial charge < -0.3 is 5.11 Å². The molecule has 0 spiro atoms. The zero-order chi connectivity index (χ0) is 15.0. The van der Waals surface area contributed by atoms with E-state index >= 15 is 0 Å². The second kappa shape index (κ2) is 5.25. The van der Waals surface area contributed by atoms with Gasteiger partial charge in [0.25, 0.3) is 0 Å². The van der Waals surface area contributed by atoms with Crippen molar-refractivity contribution >= 4 is 0 Å². The Balaban J connectivity index is 2.61. The second-order valence-electron chi connectivity index (χ2n) is 4.59. The van der Waals surface area contributed by atoms with Gasteiger partial charge in [0, 0.05) is 5.56 Å². The Morgan fingerprint density at radius 2 is 1.35 bits per heavy atom. The zero-order valence-electron chi connectivity index (χ0n) is 10.8. The molecule has 0 heterocycles. The van der Waals surface area contributed by atoms with Crippen LogP contribution in [0.1, 0.15) is 28.4 Å². The van der Waals surface area contributed by atoms with Crippen LogP contribution < -0.4 is 0 Å². The molecule has 0 saturated heterocycles. The Labute approximate surface area is 113 Å². The van der Waals surface area contributed by atoms with Crippen LogP contribution in [0, 0.1) is 37.1 Å². The highest BCUT2D eigenvalue weighted by molar-refractivity contribution is 5.37. The van der Waals surface area contributed by atoms with Crippen LogP contribution in [0.25, 0.3) is 0 Å². The first kappa shape index (κ1) is 14.5. The average molecular weight is 284 g/mol. The Bertz CT molecular complexity index is 667. The lowest BCUT2D eigenvalue weighted by Gasteiger charge is -2.16. The van der Waals surface area contributed by atoms with Gasteiger partial charge in [-0.15, -0.1) is 0 Å². The predicted molar refractivity (Wildman–Crippen MR) is 66.3 cm³/mol. The lowest BCUT2D eigenvalue weighted by molar-refractivity contribution is 0.202. The largest absolute Gasteiger partial charge is 0.383 e. The van der Waals surface area contributed by atoms with Gasteiger partial charge >= 0.3 is 0 Å². The van der Waals surface area contributed by atoms with Gasteiger partial charge in [-0.2, -0.15) is 0 Å². The van der Waals surface area contributed by atoms with E-state index in [4.69, 9.17) is 0 Å². The molecule has 2 aromatic rings. The van der Waals surface area contributed by atoms with Gasteiger partial charge in [-0.25, -0.2) is 17.6 Å². The molecule has 0 bridgehead atoms. The summed E-state index contributed by atoms with van der Waals surface area (Å²) in [5.74, 6) is -4.44. The molecule has 5 heteroatoms. The third-order valence-corrected chi connectivity index (χ3v) is 3.19. The van der Waals surface area contributed by atoms with Gasteiger partial charge in [0.15, 0.2) is 11.6 Å². The van der Waals surface area contributed by atoms with Crippen molar-refractivity contribution in [2.75, 3.05) is 0 Å². The molecule has 20 heavy (non-hydrogen) atoms. The zero-order valence-corrected chi connectivity index (χ0v) is 10.8. The summed E-state index contributed by atoms with van der Waals surface area (Å²) >= 11 is 0. The van der Waals surface area contributed by atoms with E-state index in [1.165, 1.54) is 26.0 Å². The van der Waals surface area contributed by atoms with Crippen molar-refractivity contribution in [2.24, 2.45) is 0 Å². The first-order valence-corrected chi connectivity index (χ1v) is 5.91. The summed E-state index contributed by atoms with van der Waals surface area (Å²) in [5.41, 5.74) is -1.04. The van der Waals surface area contributed by atoms with Crippen molar-refractivity contribution in [3.05, 3.63) is 69.8 Å². The van der Waals surface area contributed by atoms with Crippen LogP contribution in [0.5, 0.6) is 0 Å². The Kier molecular flexibility index (Phi) is 3.81. The summed E-state index contributed by atoms with van der Waals surface area (Å²) < 4.78 is 54.8. The fraction of sp³-hybridized carbons (Fsp3) is 0.200. The molecule has 0 radical (unpaired) electrons. The molecular weight excluding hydrogens is 272 g/mol. The highest BCUT2D eigenvalue weighted by Crippen LogP contribution is 2.31. The first-order chi connectivity index (χ1) is 9.34. The molecule has 0 fully saturated rings. The number of aliphatic hydroxyl groups excluding tert-OH is 1. The summed E-state index contributed by atoms with van der Waals surface area (Å²) in [7, 11) is 0. The molecule has 0 aromatic heterocycles. The molecule has 2 rings (SSSR count). The lowest BCUT2D eigenvalue weighted by atomic mass is 9.97. The van der Waals surface area contributed by atoms with Crippen LogP contribution in [0.4, 0.5) is 17.6 Å². The third kappa shape index (κ3) is 2.29. The summed E-state index contributed by atoms with van der Waals surface area (Å²) in [4.78, 5) is 0. The number of rotatable bonds is 2. The van der Waals surface area contributed by atoms with Crippen LogP contribution in [0.15, 0.2) is 24.3 Å². The van der Waals surface area contributed by atoms with E-state index in [0.29, 0.717) is 0 Å². The normalized spacial score (nSPS) is 12.6. The molecule has 0 aliphatic rings. The molecule has 0 aliphatic carbocycles. The van der Waals surface area contributed by atoms with Crippen molar-refractivity contribution in [2.45, 2.75) is 20.0 Å². The van der Waals surface area contributed by atoms with Crippen LogP contribution in [-0.4, -0.2) is 5.11 Å². The minimum atomic E-state index is -1.91. The quantitative estimate of drug-likeness (QED) is 0.828.